The summed E-state index contributed by atoms with van der Waals surface area (Å²) >= 11 is 1.55. The molecule has 0 fully saturated rings. The molecule has 2 aromatic heterocycles. The van der Waals surface area contributed by atoms with Crippen molar-refractivity contribution in [3.8, 4) is 5.69 Å². The fourth-order valence-electron chi connectivity index (χ4n) is 3.54. The molecule has 176 valence electrons. The lowest BCUT2D eigenvalue weighted by atomic mass is 9.92. The van der Waals surface area contributed by atoms with Crippen LogP contribution in [0.4, 0.5) is 5.82 Å². The SMILES string of the molecule is Cc1cccc(-n2nc(C(C)(C)C)cc2NC(=O)CN(C(=O)Cc2cccs2)C(C)C)c1C. The highest BCUT2D eigenvalue weighted by Gasteiger charge is 2.24. The minimum absolute atomic E-state index is 0.00922. The summed E-state index contributed by atoms with van der Waals surface area (Å²) in [6.07, 6.45) is 0.303. The molecule has 0 radical (unpaired) electrons. The van der Waals surface area contributed by atoms with E-state index >= 15 is 0 Å². The lowest BCUT2D eigenvalue weighted by molar-refractivity contribution is -0.135. The third-order valence-electron chi connectivity index (χ3n) is 5.71. The van der Waals surface area contributed by atoms with Crippen molar-refractivity contribution in [1.82, 2.24) is 14.7 Å². The molecule has 2 heterocycles. The molecule has 33 heavy (non-hydrogen) atoms. The van der Waals surface area contributed by atoms with E-state index in [-0.39, 0.29) is 29.8 Å². The van der Waals surface area contributed by atoms with Crippen molar-refractivity contribution in [3.63, 3.8) is 0 Å². The van der Waals surface area contributed by atoms with Gasteiger partial charge in [0.2, 0.25) is 11.8 Å². The second kappa shape index (κ2) is 9.91. The van der Waals surface area contributed by atoms with E-state index in [1.165, 1.54) is 0 Å². The number of thiophene rings is 1. The van der Waals surface area contributed by atoms with E-state index in [0.717, 1.165) is 27.4 Å². The topological polar surface area (TPSA) is 67.2 Å². The molecule has 0 atom stereocenters. The van der Waals surface area contributed by atoms with E-state index < -0.39 is 0 Å². The summed E-state index contributed by atoms with van der Waals surface area (Å²) < 4.78 is 1.80. The minimum Gasteiger partial charge on any atom is -0.331 e. The maximum Gasteiger partial charge on any atom is 0.245 e. The molecule has 0 saturated carbocycles. The number of rotatable bonds is 7. The van der Waals surface area contributed by atoms with Crippen LogP contribution < -0.4 is 5.32 Å². The molecule has 0 aliphatic heterocycles. The van der Waals surface area contributed by atoms with Crippen molar-refractivity contribution in [2.45, 2.75) is 66.3 Å². The third kappa shape index (κ3) is 5.90. The highest BCUT2D eigenvalue weighted by atomic mass is 32.1. The first-order chi connectivity index (χ1) is 15.5. The molecule has 0 spiro atoms. The molecule has 3 rings (SSSR count). The summed E-state index contributed by atoms with van der Waals surface area (Å²) in [5.74, 6) is 0.309. The first-order valence-corrected chi connectivity index (χ1v) is 12.1. The second-order valence-electron chi connectivity index (χ2n) is 9.72. The smallest absolute Gasteiger partial charge is 0.245 e. The lowest BCUT2D eigenvalue weighted by Gasteiger charge is -2.26. The fraction of sp³-hybridized carbons (Fsp3) is 0.423. The Morgan fingerprint density at radius 1 is 1.15 bits per heavy atom. The number of benzene rings is 1. The van der Waals surface area contributed by atoms with Gasteiger partial charge in [-0.25, -0.2) is 4.68 Å². The summed E-state index contributed by atoms with van der Waals surface area (Å²) in [6.45, 7) is 14.2. The Morgan fingerprint density at radius 3 is 2.48 bits per heavy atom. The normalized spacial score (nSPS) is 11.6. The van der Waals surface area contributed by atoms with Crippen molar-refractivity contribution in [2.24, 2.45) is 0 Å². The molecule has 0 aliphatic carbocycles. The first kappa shape index (κ1) is 24.7. The van der Waals surface area contributed by atoms with Crippen LogP contribution in [0.2, 0.25) is 0 Å². The van der Waals surface area contributed by atoms with Gasteiger partial charge in [0.25, 0.3) is 0 Å². The standard InChI is InChI=1S/C26H34N4O2S/c1-17(2)29(25(32)14-20-11-9-13-33-20)16-24(31)27-23-15-22(26(5,6)7)28-30(23)21-12-8-10-18(3)19(21)4/h8-13,15,17H,14,16H2,1-7H3,(H,27,31). The van der Waals surface area contributed by atoms with Gasteiger partial charge >= 0.3 is 0 Å². The number of nitrogens with zero attached hydrogens (tertiary/aromatic N) is 3. The Balaban J connectivity index is 1.86. The van der Waals surface area contributed by atoms with Gasteiger partial charge in [0.05, 0.1) is 17.8 Å². The van der Waals surface area contributed by atoms with Crippen molar-refractivity contribution >= 4 is 29.0 Å². The van der Waals surface area contributed by atoms with Gasteiger partial charge in [0.15, 0.2) is 0 Å². The summed E-state index contributed by atoms with van der Waals surface area (Å²) in [7, 11) is 0. The number of hydrogen-bond donors (Lipinski definition) is 1. The number of nitrogens with one attached hydrogen (secondary N) is 1. The maximum atomic E-state index is 13.1. The molecule has 3 aromatic rings. The molecular formula is C26H34N4O2S. The summed E-state index contributed by atoms with van der Waals surface area (Å²) in [4.78, 5) is 28.6. The maximum absolute atomic E-state index is 13.1. The predicted octanol–water partition coefficient (Wildman–Crippen LogP) is 5.27. The quantitative estimate of drug-likeness (QED) is 0.516. The Hall–Kier alpha value is -2.93. The highest BCUT2D eigenvalue weighted by Crippen LogP contribution is 2.28. The Morgan fingerprint density at radius 2 is 1.88 bits per heavy atom. The van der Waals surface area contributed by atoms with Crippen LogP contribution in [0, 0.1) is 13.8 Å². The second-order valence-corrected chi connectivity index (χ2v) is 10.7. The van der Waals surface area contributed by atoms with E-state index in [1.807, 2.05) is 49.6 Å². The lowest BCUT2D eigenvalue weighted by Crippen LogP contribution is -2.43. The van der Waals surface area contributed by atoms with Gasteiger partial charge < -0.3 is 10.2 Å². The van der Waals surface area contributed by atoms with E-state index in [4.69, 9.17) is 5.10 Å². The molecular weight excluding hydrogens is 432 g/mol. The molecule has 1 aromatic carbocycles. The summed E-state index contributed by atoms with van der Waals surface area (Å²) in [5, 5.41) is 9.80. The molecule has 1 N–H and O–H groups in total. The Kier molecular flexibility index (Phi) is 7.42. The van der Waals surface area contributed by atoms with Gasteiger partial charge in [0.1, 0.15) is 12.4 Å². The zero-order valence-corrected chi connectivity index (χ0v) is 21.4. The Bertz CT molecular complexity index is 1120. The zero-order chi connectivity index (χ0) is 24.3. The molecule has 0 aliphatic rings. The largest absolute Gasteiger partial charge is 0.331 e. The summed E-state index contributed by atoms with van der Waals surface area (Å²) in [6, 6.07) is 11.8. The van der Waals surface area contributed by atoms with Gasteiger partial charge in [-0.1, -0.05) is 39.0 Å². The molecule has 6 nitrogen and oxygen atoms in total. The number of amides is 2. The number of anilines is 1. The summed E-state index contributed by atoms with van der Waals surface area (Å²) in [5.41, 5.74) is 3.89. The van der Waals surface area contributed by atoms with Crippen molar-refractivity contribution in [3.05, 3.63) is 63.5 Å². The average molecular weight is 467 g/mol. The van der Waals surface area contributed by atoms with E-state index in [2.05, 4.69) is 46.0 Å². The van der Waals surface area contributed by atoms with Crippen LogP contribution in [-0.2, 0) is 21.4 Å². The fourth-order valence-corrected chi connectivity index (χ4v) is 4.24. The predicted molar refractivity (Wildman–Crippen MR) is 135 cm³/mol. The number of hydrogen-bond acceptors (Lipinski definition) is 4. The van der Waals surface area contributed by atoms with Gasteiger partial charge in [-0.2, -0.15) is 5.10 Å². The third-order valence-corrected chi connectivity index (χ3v) is 6.59. The van der Waals surface area contributed by atoms with E-state index in [1.54, 1.807) is 20.9 Å². The van der Waals surface area contributed by atoms with Crippen molar-refractivity contribution < 1.29 is 9.59 Å². The first-order valence-electron chi connectivity index (χ1n) is 11.3. The Labute approximate surface area is 200 Å². The van der Waals surface area contributed by atoms with Crippen LogP contribution in [0.1, 0.15) is 56.3 Å². The van der Waals surface area contributed by atoms with Gasteiger partial charge in [-0.3, -0.25) is 9.59 Å². The van der Waals surface area contributed by atoms with Crippen LogP contribution in [-0.4, -0.2) is 39.1 Å². The van der Waals surface area contributed by atoms with Crippen molar-refractivity contribution in [1.29, 1.82) is 0 Å². The van der Waals surface area contributed by atoms with Gasteiger partial charge in [0, 0.05) is 22.4 Å². The molecule has 0 saturated heterocycles. The highest BCUT2D eigenvalue weighted by molar-refractivity contribution is 7.10. The number of carbonyl (C=O) groups excluding carboxylic acids is 2. The van der Waals surface area contributed by atoms with Crippen LogP contribution in [0.25, 0.3) is 5.69 Å². The molecule has 2 amide bonds. The molecule has 7 heteroatoms. The molecule has 0 bridgehead atoms. The van der Waals surface area contributed by atoms with Gasteiger partial charge in [-0.05, 0) is 56.3 Å². The minimum atomic E-state index is -0.241. The number of aromatic nitrogens is 2. The monoisotopic (exact) mass is 466 g/mol. The van der Waals surface area contributed by atoms with E-state index in [0.29, 0.717) is 12.2 Å². The van der Waals surface area contributed by atoms with Crippen molar-refractivity contribution in [2.75, 3.05) is 11.9 Å². The van der Waals surface area contributed by atoms with Crippen LogP contribution >= 0.6 is 11.3 Å². The zero-order valence-electron chi connectivity index (χ0n) is 20.6. The van der Waals surface area contributed by atoms with Crippen LogP contribution in [0.15, 0.2) is 41.8 Å². The average Bonchev–Trinajstić information content (AvgIpc) is 3.38. The molecule has 0 unspecified atom stereocenters. The number of aryl methyl sites for hydroxylation is 1. The van der Waals surface area contributed by atoms with E-state index in [9.17, 15) is 9.59 Å². The van der Waals surface area contributed by atoms with Gasteiger partial charge in [-0.15, -0.1) is 11.3 Å². The number of carbonyl (C=O) groups is 2. The van der Waals surface area contributed by atoms with Crippen LogP contribution in [0.3, 0.4) is 0 Å². The van der Waals surface area contributed by atoms with Crippen LogP contribution in [0.5, 0.6) is 0 Å².